The number of benzene rings is 1. The molecular formula is C15H23NO. The van der Waals surface area contributed by atoms with Crippen molar-refractivity contribution in [2.24, 2.45) is 5.92 Å². The highest BCUT2D eigenvalue weighted by Crippen LogP contribution is 2.32. The van der Waals surface area contributed by atoms with E-state index < -0.39 is 0 Å². The minimum absolute atomic E-state index is 0.238. The minimum atomic E-state index is 0.238. The molecule has 0 radical (unpaired) electrons. The Labute approximate surface area is 104 Å². The number of hydrogen-bond acceptors (Lipinski definition) is 2. The molecule has 1 fully saturated rings. The van der Waals surface area contributed by atoms with E-state index in [0.717, 1.165) is 25.9 Å². The standard InChI is InChI=1S/C15H23NO/c1-15(2)10-14(12-17)11-16(15)9-8-13-6-4-3-5-7-13/h3-7,14,17H,8-12H2,1-2H3. The van der Waals surface area contributed by atoms with Gasteiger partial charge in [0.2, 0.25) is 0 Å². The Balaban J connectivity index is 1.91. The molecule has 0 saturated carbocycles. The molecule has 1 aliphatic heterocycles. The lowest BCUT2D eigenvalue weighted by atomic mass is 9.97. The Kier molecular flexibility index (Phi) is 3.85. The van der Waals surface area contributed by atoms with Gasteiger partial charge in [0.25, 0.3) is 0 Å². The highest BCUT2D eigenvalue weighted by molar-refractivity contribution is 5.15. The van der Waals surface area contributed by atoms with E-state index in [1.807, 2.05) is 0 Å². The van der Waals surface area contributed by atoms with Crippen LogP contribution in [0.2, 0.25) is 0 Å². The molecule has 0 spiro atoms. The van der Waals surface area contributed by atoms with Crippen LogP contribution in [0.1, 0.15) is 25.8 Å². The van der Waals surface area contributed by atoms with Crippen LogP contribution >= 0.6 is 0 Å². The van der Waals surface area contributed by atoms with Crippen molar-refractivity contribution in [3.63, 3.8) is 0 Å². The summed E-state index contributed by atoms with van der Waals surface area (Å²) in [7, 11) is 0. The number of nitrogens with zero attached hydrogens (tertiary/aromatic N) is 1. The van der Waals surface area contributed by atoms with Gasteiger partial charge in [0.1, 0.15) is 0 Å². The lowest BCUT2D eigenvalue weighted by molar-refractivity contribution is 0.175. The molecule has 0 amide bonds. The Morgan fingerprint density at radius 2 is 2.00 bits per heavy atom. The van der Waals surface area contributed by atoms with Gasteiger partial charge in [0.05, 0.1) is 0 Å². The second kappa shape index (κ2) is 5.19. The van der Waals surface area contributed by atoms with Crippen LogP contribution in [0.4, 0.5) is 0 Å². The summed E-state index contributed by atoms with van der Waals surface area (Å²) in [6.45, 7) is 7.02. The molecule has 94 valence electrons. The molecule has 0 bridgehead atoms. The van der Waals surface area contributed by atoms with Gasteiger partial charge in [-0.05, 0) is 38.2 Å². The number of aliphatic hydroxyl groups excluding tert-OH is 1. The zero-order chi connectivity index (χ0) is 12.3. The van der Waals surface area contributed by atoms with E-state index in [-0.39, 0.29) is 5.54 Å². The average molecular weight is 233 g/mol. The molecule has 0 aromatic heterocycles. The van der Waals surface area contributed by atoms with Gasteiger partial charge >= 0.3 is 0 Å². The van der Waals surface area contributed by atoms with Gasteiger partial charge in [0, 0.05) is 25.2 Å². The van der Waals surface area contributed by atoms with Crippen molar-refractivity contribution >= 4 is 0 Å². The third kappa shape index (κ3) is 3.08. The fourth-order valence-corrected chi connectivity index (χ4v) is 2.88. The first-order chi connectivity index (χ1) is 8.12. The normalized spacial score (nSPS) is 24.1. The molecule has 0 aliphatic carbocycles. The van der Waals surface area contributed by atoms with Crippen LogP contribution in [0, 0.1) is 5.92 Å². The van der Waals surface area contributed by atoms with E-state index >= 15 is 0 Å². The number of rotatable bonds is 4. The number of likely N-dealkylation sites (tertiary alicyclic amines) is 1. The van der Waals surface area contributed by atoms with Crippen molar-refractivity contribution in [1.29, 1.82) is 0 Å². The largest absolute Gasteiger partial charge is 0.396 e. The monoisotopic (exact) mass is 233 g/mol. The van der Waals surface area contributed by atoms with Crippen LogP contribution < -0.4 is 0 Å². The van der Waals surface area contributed by atoms with Gasteiger partial charge in [-0.2, -0.15) is 0 Å². The first-order valence-electron chi connectivity index (χ1n) is 6.51. The van der Waals surface area contributed by atoms with Crippen molar-refractivity contribution in [3.8, 4) is 0 Å². The van der Waals surface area contributed by atoms with Crippen molar-refractivity contribution in [1.82, 2.24) is 4.90 Å². The van der Waals surface area contributed by atoms with Gasteiger partial charge in [-0.15, -0.1) is 0 Å². The maximum absolute atomic E-state index is 9.27. The van der Waals surface area contributed by atoms with E-state index in [4.69, 9.17) is 0 Å². The van der Waals surface area contributed by atoms with E-state index in [1.165, 1.54) is 5.56 Å². The summed E-state index contributed by atoms with van der Waals surface area (Å²) in [5.41, 5.74) is 1.64. The van der Waals surface area contributed by atoms with Crippen LogP contribution in [-0.2, 0) is 6.42 Å². The van der Waals surface area contributed by atoms with Gasteiger partial charge in [-0.1, -0.05) is 30.3 Å². The quantitative estimate of drug-likeness (QED) is 0.862. The van der Waals surface area contributed by atoms with Gasteiger partial charge in [-0.3, -0.25) is 4.90 Å². The topological polar surface area (TPSA) is 23.5 Å². The first kappa shape index (κ1) is 12.6. The van der Waals surface area contributed by atoms with E-state index in [1.54, 1.807) is 0 Å². The second-order valence-corrected chi connectivity index (χ2v) is 5.75. The Hall–Kier alpha value is -0.860. The van der Waals surface area contributed by atoms with Crippen molar-refractivity contribution < 1.29 is 5.11 Å². The molecule has 1 aromatic rings. The fourth-order valence-electron chi connectivity index (χ4n) is 2.88. The highest BCUT2D eigenvalue weighted by atomic mass is 16.3. The van der Waals surface area contributed by atoms with Crippen LogP contribution in [0.5, 0.6) is 0 Å². The van der Waals surface area contributed by atoms with E-state index in [9.17, 15) is 5.11 Å². The third-order valence-electron chi connectivity index (χ3n) is 3.89. The predicted octanol–water partition coefficient (Wildman–Crippen LogP) is 2.32. The molecule has 1 aromatic carbocycles. The summed E-state index contributed by atoms with van der Waals surface area (Å²) < 4.78 is 0. The summed E-state index contributed by atoms with van der Waals surface area (Å²) >= 11 is 0. The maximum Gasteiger partial charge on any atom is 0.0472 e. The Bertz CT molecular complexity index is 347. The van der Waals surface area contributed by atoms with Crippen molar-refractivity contribution in [2.45, 2.75) is 32.2 Å². The molecule has 17 heavy (non-hydrogen) atoms. The number of aliphatic hydroxyl groups is 1. The number of hydrogen-bond donors (Lipinski definition) is 1. The molecule has 1 saturated heterocycles. The van der Waals surface area contributed by atoms with E-state index in [2.05, 4.69) is 49.1 Å². The van der Waals surface area contributed by atoms with Crippen molar-refractivity contribution in [2.75, 3.05) is 19.7 Å². The van der Waals surface area contributed by atoms with Gasteiger partial charge < -0.3 is 5.11 Å². The zero-order valence-electron chi connectivity index (χ0n) is 10.9. The Morgan fingerprint density at radius 3 is 2.59 bits per heavy atom. The molecule has 2 heteroatoms. The average Bonchev–Trinajstić information content (AvgIpc) is 2.63. The molecule has 1 aliphatic rings. The minimum Gasteiger partial charge on any atom is -0.396 e. The Morgan fingerprint density at radius 1 is 1.29 bits per heavy atom. The first-order valence-corrected chi connectivity index (χ1v) is 6.51. The lowest BCUT2D eigenvalue weighted by Gasteiger charge is -2.31. The highest BCUT2D eigenvalue weighted by Gasteiger charge is 2.37. The smallest absolute Gasteiger partial charge is 0.0472 e. The van der Waals surface area contributed by atoms with Crippen molar-refractivity contribution in [3.05, 3.63) is 35.9 Å². The maximum atomic E-state index is 9.27. The van der Waals surface area contributed by atoms with Gasteiger partial charge in [0.15, 0.2) is 0 Å². The molecule has 1 unspecified atom stereocenters. The summed E-state index contributed by atoms with van der Waals surface area (Å²) in [5, 5.41) is 9.27. The molecule has 2 nitrogen and oxygen atoms in total. The fraction of sp³-hybridized carbons (Fsp3) is 0.600. The van der Waals surface area contributed by atoms with Crippen LogP contribution in [0.15, 0.2) is 30.3 Å². The predicted molar refractivity (Wildman–Crippen MR) is 71.0 cm³/mol. The SMILES string of the molecule is CC1(C)CC(CO)CN1CCc1ccccc1. The van der Waals surface area contributed by atoms with E-state index in [0.29, 0.717) is 12.5 Å². The summed E-state index contributed by atoms with van der Waals surface area (Å²) in [6, 6.07) is 10.6. The zero-order valence-corrected chi connectivity index (χ0v) is 10.9. The summed E-state index contributed by atoms with van der Waals surface area (Å²) in [4.78, 5) is 2.51. The van der Waals surface area contributed by atoms with Crippen LogP contribution in [-0.4, -0.2) is 35.2 Å². The van der Waals surface area contributed by atoms with Gasteiger partial charge in [-0.25, -0.2) is 0 Å². The molecule has 1 heterocycles. The molecule has 1 N–H and O–H groups in total. The van der Waals surface area contributed by atoms with Crippen LogP contribution in [0.3, 0.4) is 0 Å². The second-order valence-electron chi connectivity index (χ2n) is 5.75. The summed E-state index contributed by atoms with van der Waals surface area (Å²) in [5.74, 6) is 0.459. The molecular weight excluding hydrogens is 210 g/mol. The van der Waals surface area contributed by atoms with Crippen LogP contribution in [0.25, 0.3) is 0 Å². The third-order valence-corrected chi connectivity index (χ3v) is 3.89. The lowest BCUT2D eigenvalue weighted by Crippen LogP contribution is -2.39. The summed E-state index contributed by atoms with van der Waals surface area (Å²) in [6.07, 6.45) is 2.21. The molecule has 2 rings (SSSR count). The molecule has 1 atom stereocenters.